The molecule has 1 aliphatic carbocycles. The molecular formula is C26H30FN5O3. The summed E-state index contributed by atoms with van der Waals surface area (Å²) >= 11 is 0. The maximum absolute atomic E-state index is 13.9. The van der Waals surface area contributed by atoms with Gasteiger partial charge >= 0.3 is 0 Å². The Labute approximate surface area is 203 Å². The number of ether oxygens (including phenoxy) is 2. The molecule has 2 aromatic carbocycles. The summed E-state index contributed by atoms with van der Waals surface area (Å²) in [6.45, 7) is 3.95. The Balaban J connectivity index is 1.34. The van der Waals surface area contributed by atoms with Crippen LogP contribution in [0, 0.1) is 12.7 Å². The number of piperazine rings is 1. The number of aromatic nitrogens is 2. The van der Waals surface area contributed by atoms with E-state index in [1.807, 2.05) is 25.1 Å². The van der Waals surface area contributed by atoms with Crippen LogP contribution in [0.15, 0.2) is 36.7 Å². The summed E-state index contributed by atoms with van der Waals surface area (Å²) in [6.07, 6.45) is 5.32. The Morgan fingerprint density at radius 1 is 1.09 bits per heavy atom. The lowest BCUT2D eigenvalue weighted by Gasteiger charge is -2.38. The smallest absolute Gasteiger partial charge is 0.234 e. The molecule has 0 radical (unpaired) electrons. The maximum Gasteiger partial charge on any atom is 0.234 e. The van der Waals surface area contributed by atoms with E-state index in [9.17, 15) is 9.18 Å². The van der Waals surface area contributed by atoms with Crippen LogP contribution in [0.4, 0.5) is 15.9 Å². The molecule has 35 heavy (non-hydrogen) atoms. The second-order valence-electron chi connectivity index (χ2n) is 9.25. The Morgan fingerprint density at radius 3 is 2.66 bits per heavy atom. The van der Waals surface area contributed by atoms with Crippen molar-refractivity contribution in [2.24, 2.45) is 0 Å². The zero-order chi connectivity index (χ0) is 24.4. The topological polar surface area (TPSA) is 88.6 Å². The van der Waals surface area contributed by atoms with Gasteiger partial charge in [0.15, 0.2) is 11.5 Å². The van der Waals surface area contributed by atoms with Crippen molar-refractivity contribution < 1.29 is 18.7 Å². The third-order valence-electron chi connectivity index (χ3n) is 6.75. The van der Waals surface area contributed by atoms with Crippen molar-refractivity contribution >= 4 is 28.3 Å². The molecule has 5 rings (SSSR count). The summed E-state index contributed by atoms with van der Waals surface area (Å²) in [4.78, 5) is 22.8. The van der Waals surface area contributed by atoms with Gasteiger partial charge in [-0.25, -0.2) is 14.4 Å². The first-order chi connectivity index (χ1) is 17.0. The molecule has 2 fully saturated rings. The van der Waals surface area contributed by atoms with Crippen molar-refractivity contribution in [2.75, 3.05) is 32.1 Å². The van der Waals surface area contributed by atoms with Crippen molar-refractivity contribution in [1.82, 2.24) is 20.2 Å². The maximum atomic E-state index is 13.9. The molecule has 0 atom stereocenters. The molecule has 2 aliphatic rings. The van der Waals surface area contributed by atoms with Crippen LogP contribution >= 0.6 is 0 Å². The number of hydrogen-bond acceptors (Lipinski definition) is 7. The van der Waals surface area contributed by atoms with Crippen LogP contribution in [0.3, 0.4) is 0 Å². The number of methoxy groups -OCH3 is 1. The average molecular weight is 480 g/mol. The minimum atomic E-state index is -0.308. The van der Waals surface area contributed by atoms with E-state index in [1.54, 1.807) is 7.11 Å². The van der Waals surface area contributed by atoms with Gasteiger partial charge in [0.05, 0.1) is 25.3 Å². The first-order valence-electron chi connectivity index (χ1n) is 12.0. The molecule has 1 amide bonds. The monoisotopic (exact) mass is 479 g/mol. The number of benzene rings is 2. The molecule has 184 valence electrons. The van der Waals surface area contributed by atoms with E-state index in [2.05, 4.69) is 25.5 Å². The second-order valence-corrected chi connectivity index (χ2v) is 9.25. The molecule has 2 N–H and O–H groups in total. The van der Waals surface area contributed by atoms with Gasteiger partial charge in [0.25, 0.3) is 0 Å². The number of fused-ring (bicyclic) bond motifs is 1. The van der Waals surface area contributed by atoms with Gasteiger partial charge in [-0.1, -0.05) is 0 Å². The van der Waals surface area contributed by atoms with Crippen LogP contribution in [0.1, 0.15) is 31.2 Å². The van der Waals surface area contributed by atoms with E-state index in [0.29, 0.717) is 41.1 Å². The summed E-state index contributed by atoms with van der Waals surface area (Å²) in [5.41, 5.74) is 2.13. The van der Waals surface area contributed by atoms with Crippen molar-refractivity contribution in [2.45, 2.75) is 44.8 Å². The summed E-state index contributed by atoms with van der Waals surface area (Å²) in [5.74, 6) is 1.61. The van der Waals surface area contributed by atoms with Gasteiger partial charge < -0.3 is 20.1 Å². The molecule has 0 spiro atoms. The molecule has 1 saturated heterocycles. The van der Waals surface area contributed by atoms with E-state index in [-0.39, 0.29) is 17.8 Å². The molecule has 8 nitrogen and oxygen atoms in total. The van der Waals surface area contributed by atoms with Crippen LogP contribution in [-0.4, -0.2) is 59.7 Å². The highest BCUT2D eigenvalue weighted by Crippen LogP contribution is 2.37. The number of rotatable bonds is 6. The molecular weight excluding hydrogens is 449 g/mol. The first-order valence-corrected chi connectivity index (χ1v) is 12.0. The molecule has 0 unspecified atom stereocenters. The standard InChI is InChI=1S/C26H30FN5O3/c1-16-9-17(27)11-18(10-16)31-26-21-12-24(23(34-2)13-22(21)29-15-30-26)35-20-5-3-19(4-6-20)32-8-7-28-25(33)14-32/h9-13,15,19-20H,3-8,14H2,1-2H3,(H,28,33)(H,29,30,31)/t19-,20+. The summed E-state index contributed by atoms with van der Waals surface area (Å²) < 4.78 is 25.9. The first kappa shape index (κ1) is 23.3. The Kier molecular flexibility index (Phi) is 6.68. The Morgan fingerprint density at radius 2 is 1.91 bits per heavy atom. The number of nitrogens with one attached hydrogen (secondary N) is 2. The van der Waals surface area contributed by atoms with E-state index in [1.165, 1.54) is 18.5 Å². The largest absolute Gasteiger partial charge is 0.493 e. The number of amides is 1. The SMILES string of the molecule is COc1cc2ncnc(Nc3cc(C)cc(F)c3)c2cc1O[C@H]1CC[C@@H](N2CCNC(=O)C2)CC1. The van der Waals surface area contributed by atoms with Crippen molar-refractivity contribution in [3.63, 3.8) is 0 Å². The molecule has 0 bridgehead atoms. The van der Waals surface area contributed by atoms with E-state index >= 15 is 0 Å². The highest BCUT2D eigenvalue weighted by Gasteiger charge is 2.30. The minimum absolute atomic E-state index is 0.0584. The van der Waals surface area contributed by atoms with Gasteiger partial charge in [-0.3, -0.25) is 9.69 Å². The second kappa shape index (κ2) is 10.0. The number of aryl methyl sites for hydroxylation is 1. The zero-order valence-corrected chi connectivity index (χ0v) is 20.0. The normalized spacial score (nSPS) is 20.9. The average Bonchev–Trinajstić information content (AvgIpc) is 2.84. The van der Waals surface area contributed by atoms with E-state index in [0.717, 1.165) is 49.7 Å². The highest BCUT2D eigenvalue weighted by atomic mass is 19.1. The lowest BCUT2D eigenvalue weighted by atomic mass is 9.91. The summed E-state index contributed by atoms with van der Waals surface area (Å²) in [6, 6.07) is 8.93. The quantitative estimate of drug-likeness (QED) is 0.553. The predicted molar refractivity (Wildman–Crippen MR) is 132 cm³/mol. The van der Waals surface area contributed by atoms with Crippen LogP contribution < -0.4 is 20.1 Å². The number of hydrogen-bond donors (Lipinski definition) is 2. The van der Waals surface area contributed by atoms with E-state index < -0.39 is 0 Å². The van der Waals surface area contributed by atoms with E-state index in [4.69, 9.17) is 9.47 Å². The number of nitrogens with zero attached hydrogens (tertiary/aromatic N) is 3. The third kappa shape index (κ3) is 5.30. The molecule has 1 aliphatic heterocycles. The minimum Gasteiger partial charge on any atom is -0.493 e. The van der Waals surface area contributed by atoms with Crippen LogP contribution in [0.2, 0.25) is 0 Å². The predicted octanol–water partition coefficient (Wildman–Crippen LogP) is 3.95. The molecule has 1 aromatic heterocycles. The molecule has 3 aromatic rings. The van der Waals surface area contributed by atoms with Gasteiger partial charge in [0.1, 0.15) is 18.0 Å². The zero-order valence-electron chi connectivity index (χ0n) is 20.0. The number of carbonyl (C=O) groups excluding carboxylic acids is 1. The van der Waals surface area contributed by atoms with Gasteiger partial charge in [-0.05, 0) is 62.4 Å². The number of anilines is 2. The van der Waals surface area contributed by atoms with Crippen LogP contribution in [-0.2, 0) is 4.79 Å². The van der Waals surface area contributed by atoms with Gasteiger partial charge in [0, 0.05) is 36.3 Å². The van der Waals surface area contributed by atoms with Gasteiger partial charge in [0.2, 0.25) is 5.91 Å². The molecule has 2 heterocycles. The lowest BCUT2D eigenvalue weighted by Crippen LogP contribution is -2.52. The Bertz CT molecular complexity index is 1210. The fraction of sp³-hybridized carbons (Fsp3) is 0.423. The molecule has 1 saturated carbocycles. The third-order valence-corrected chi connectivity index (χ3v) is 6.75. The van der Waals surface area contributed by atoms with Gasteiger partial charge in [-0.15, -0.1) is 0 Å². The highest BCUT2D eigenvalue weighted by molar-refractivity contribution is 5.93. The fourth-order valence-corrected chi connectivity index (χ4v) is 5.04. The summed E-state index contributed by atoms with van der Waals surface area (Å²) in [5, 5.41) is 6.87. The lowest BCUT2D eigenvalue weighted by molar-refractivity contribution is -0.125. The van der Waals surface area contributed by atoms with Crippen molar-refractivity contribution in [3.8, 4) is 11.5 Å². The summed E-state index contributed by atoms with van der Waals surface area (Å²) in [7, 11) is 1.61. The van der Waals surface area contributed by atoms with Crippen molar-refractivity contribution in [1.29, 1.82) is 0 Å². The van der Waals surface area contributed by atoms with Crippen molar-refractivity contribution in [3.05, 3.63) is 48.0 Å². The fourth-order valence-electron chi connectivity index (χ4n) is 5.04. The van der Waals surface area contributed by atoms with Gasteiger partial charge in [-0.2, -0.15) is 0 Å². The van der Waals surface area contributed by atoms with Crippen LogP contribution in [0.5, 0.6) is 11.5 Å². The number of halogens is 1. The molecule has 9 heteroatoms. The number of carbonyl (C=O) groups is 1. The van der Waals surface area contributed by atoms with Crippen LogP contribution in [0.25, 0.3) is 10.9 Å². The Hall–Kier alpha value is -3.46.